The van der Waals surface area contributed by atoms with Crippen LogP contribution in [0.4, 0.5) is 32.0 Å². The lowest BCUT2D eigenvalue weighted by molar-refractivity contribution is -0.147. The predicted octanol–water partition coefficient (Wildman–Crippen LogP) is 4.71. The largest absolute Gasteiger partial charge is 0.389 e. The molecule has 0 spiro atoms. The van der Waals surface area contributed by atoms with Crippen molar-refractivity contribution in [1.82, 2.24) is 5.32 Å². The number of fused-ring (bicyclic) bond motifs is 1. The number of nitrogens with zero attached hydrogens (tertiary/aromatic N) is 1. The van der Waals surface area contributed by atoms with Crippen molar-refractivity contribution >= 4 is 29.1 Å². The number of rotatable bonds is 10. The topological polar surface area (TPSA) is 114 Å². The summed E-state index contributed by atoms with van der Waals surface area (Å²) in [7, 11) is 0. The molecular weight excluding hydrogens is 530 g/mol. The van der Waals surface area contributed by atoms with Crippen LogP contribution in [0.25, 0.3) is 0 Å². The second-order valence-electron chi connectivity index (χ2n) is 9.07. The Labute approximate surface area is 219 Å². The summed E-state index contributed by atoms with van der Waals surface area (Å²) < 4.78 is 76.9. The van der Waals surface area contributed by atoms with Crippen molar-refractivity contribution in [3.8, 4) is 0 Å². The predicted molar refractivity (Wildman–Crippen MR) is 130 cm³/mol. The van der Waals surface area contributed by atoms with Gasteiger partial charge in [-0.3, -0.25) is 14.4 Å². The number of aliphatic imine (C=N–C) groups is 1. The van der Waals surface area contributed by atoms with Crippen molar-refractivity contribution < 1.29 is 40.7 Å². The highest BCUT2D eigenvalue weighted by atomic mass is 19.4. The van der Waals surface area contributed by atoms with Crippen LogP contribution in [0.3, 0.4) is 0 Å². The van der Waals surface area contributed by atoms with Gasteiger partial charge in [-0.05, 0) is 25.3 Å². The maximum Gasteiger partial charge on any atom is 0.389 e. The molecule has 1 aliphatic heterocycles. The summed E-state index contributed by atoms with van der Waals surface area (Å²) in [5, 5.41) is 4.93. The Hall–Kier alpha value is -3.90. The Balaban J connectivity index is 1.94. The lowest BCUT2D eigenvalue weighted by Crippen LogP contribution is -2.48. The van der Waals surface area contributed by atoms with Gasteiger partial charge in [-0.15, -0.1) is 0 Å². The van der Waals surface area contributed by atoms with Crippen LogP contribution >= 0.6 is 0 Å². The number of halogens is 6. The number of amides is 3. The standard InChI is InChI=1S/C26H26F6N4O3/c27-25(28,29)13-6-10-17(16(21(33)37)12-14-26(30,31)32)23(38)36-22-24(39)34-19-11-5-4-9-18(19)20(35-22)15-7-2-1-3-8-15/h1-5,7-9,11,16-17,22H,6,10,12-14H2,(H2,33,37)(H,34,39)(H,36,38)/t16?,17?,22-/m1/s1. The maximum absolute atomic E-state index is 13.3. The molecule has 0 bridgehead atoms. The van der Waals surface area contributed by atoms with Crippen LogP contribution in [0.15, 0.2) is 59.6 Å². The monoisotopic (exact) mass is 556 g/mol. The second kappa shape index (κ2) is 12.3. The zero-order valence-corrected chi connectivity index (χ0v) is 20.5. The summed E-state index contributed by atoms with van der Waals surface area (Å²) in [5.41, 5.74) is 7.09. The van der Waals surface area contributed by atoms with Crippen LogP contribution in [0.2, 0.25) is 0 Å². The summed E-state index contributed by atoms with van der Waals surface area (Å²) in [5.74, 6) is -6.53. The molecule has 7 nitrogen and oxygen atoms in total. The van der Waals surface area contributed by atoms with E-state index >= 15 is 0 Å². The first-order valence-corrected chi connectivity index (χ1v) is 12.0. The number of anilines is 1. The van der Waals surface area contributed by atoms with Gasteiger partial charge in [-0.2, -0.15) is 26.3 Å². The van der Waals surface area contributed by atoms with E-state index in [1.807, 2.05) is 0 Å². The Bertz CT molecular complexity index is 1210. The van der Waals surface area contributed by atoms with Gasteiger partial charge in [0.25, 0.3) is 5.91 Å². The molecule has 1 heterocycles. The lowest BCUT2D eigenvalue weighted by atomic mass is 9.83. The number of para-hydroxylation sites is 1. The van der Waals surface area contributed by atoms with Crippen molar-refractivity contribution in [1.29, 1.82) is 0 Å². The van der Waals surface area contributed by atoms with E-state index in [1.165, 1.54) is 0 Å². The van der Waals surface area contributed by atoms with E-state index in [0.717, 1.165) is 0 Å². The molecule has 2 unspecified atom stereocenters. The third kappa shape index (κ3) is 8.55. The molecule has 2 aromatic carbocycles. The van der Waals surface area contributed by atoms with E-state index in [0.29, 0.717) is 22.5 Å². The molecule has 0 saturated heterocycles. The summed E-state index contributed by atoms with van der Waals surface area (Å²) in [6.45, 7) is 0. The Morgan fingerprint density at radius 1 is 0.897 bits per heavy atom. The van der Waals surface area contributed by atoms with Crippen molar-refractivity contribution in [2.24, 2.45) is 22.6 Å². The molecule has 3 amide bonds. The minimum atomic E-state index is -4.69. The fraction of sp³-hybridized carbons (Fsp3) is 0.385. The number of alkyl halides is 6. The van der Waals surface area contributed by atoms with E-state index in [4.69, 9.17) is 5.73 Å². The zero-order valence-electron chi connectivity index (χ0n) is 20.5. The van der Waals surface area contributed by atoms with Crippen molar-refractivity contribution in [3.63, 3.8) is 0 Å². The van der Waals surface area contributed by atoms with Gasteiger partial charge < -0.3 is 16.4 Å². The average molecular weight is 557 g/mol. The number of carbonyl (C=O) groups excluding carboxylic acids is 3. The molecule has 0 fully saturated rings. The Morgan fingerprint density at radius 2 is 1.51 bits per heavy atom. The summed E-state index contributed by atoms with van der Waals surface area (Å²) in [6.07, 6.45) is -15.8. The van der Waals surface area contributed by atoms with Crippen LogP contribution < -0.4 is 16.4 Å². The fourth-order valence-corrected chi connectivity index (χ4v) is 4.32. The van der Waals surface area contributed by atoms with E-state index in [9.17, 15) is 40.7 Å². The first kappa shape index (κ1) is 29.7. The number of hydrogen-bond acceptors (Lipinski definition) is 4. The first-order valence-electron chi connectivity index (χ1n) is 12.0. The zero-order chi connectivity index (χ0) is 28.8. The second-order valence-corrected chi connectivity index (χ2v) is 9.07. The minimum Gasteiger partial charge on any atom is -0.369 e. The van der Waals surface area contributed by atoms with Gasteiger partial charge >= 0.3 is 12.4 Å². The van der Waals surface area contributed by atoms with Crippen LogP contribution in [0.5, 0.6) is 0 Å². The quantitative estimate of drug-likeness (QED) is 0.369. The number of nitrogens with one attached hydrogen (secondary N) is 2. The highest BCUT2D eigenvalue weighted by Crippen LogP contribution is 2.32. The highest BCUT2D eigenvalue weighted by molar-refractivity contribution is 6.19. The number of hydrogen-bond donors (Lipinski definition) is 3. The molecule has 0 radical (unpaired) electrons. The number of primary amides is 1. The van der Waals surface area contributed by atoms with Crippen LogP contribution in [0.1, 0.15) is 43.2 Å². The van der Waals surface area contributed by atoms with Crippen LogP contribution in [-0.4, -0.2) is 42.0 Å². The van der Waals surface area contributed by atoms with Crippen LogP contribution in [-0.2, 0) is 14.4 Å². The molecule has 0 saturated carbocycles. The molecular formula is C26H26F6N4O3. The molecule has 1 aliphatic rings. The molecule has 4 N–H and O–H groups in total. The lowest BCUT2D eigenvalue weighted by Gasteiger charge is -2.26. The molecule has 3 atom stereocenters. The maximum atomic E-state index is 13.3. The van der Waals surface area contributed by atoms with E-state index < -0.39 is 80.2 Å². The summed E-state index contributed by atoms with van der Waals surface area (Å²) >= 11 is 0. The highest BCUT2D eigenvalue weighted by Gasteiger charge is 2.39. The van der Waals surface area contributed by atoms with Gasteiger partial charge in [0.15, 0.2) is 0 Å². The average Bonchev–Trinajstić information content (AvgIpc) is 2.98. The van der Waals surface area contributed by atoms with E-state index in [1.54, 1.807) is 54.6 Å². The van der Waals surface area contributed by atoms with Gasteiger partial charge in [0.05, 0.1) is 11.4 Å². The molecule has 39 heavy (non-hydrogen) atoms. The Morgan fingerprint density at radius 3 is 2.13 bits per heavy atom. The van der Waals surface area contributed by atoms with Crippen molar-refractivity contribution in [2.75, 3.05) is 5.32 Å². The van der Waals surface area contributed by atoms with Gasteiger partial charge in [-0.1, -0.05) is 48.5 Å². The number of nitrogens with two attached hydrogens (primary N) is 1. The fourth-order valence-electron chi connectivity index (χ4n) is 4.32. The van der Waals surface area contributed by atoms with Gasteiger partial charge in [0.1, 0.15) is 0 Å². The van der Waals surface area contributed by atoms with Crippen molar-refractivity contribution in [3.05, 3.63) is 65.7 Å². The SMILES string of the molecule is NC(=O)C(CCC(F)(F)F)C(CCCC(F)(F)F)C(=O)N[C@H]1N=C(c2ccccc2)c2ccccc2NC1=O. The van der Waals surface area contributed by atoms with Gasteiger partial charge in [-0.25, -0.2) is 4.99 Å². The van der Waals surface area contributed by atoms with Gasteiger partial charge in [0.2, 0.25) is 18.0 Å². The van der Waals surface area contributed by atoms with Crippen LogP contribution in [0, 0.1) is 11.8 Å². The number of benzene rings is 2. The molecule has 0 aromatic heterocycles. The summed E-state index contributed by atoms with van der Waals surface area (Å²) in [4.78, 5) is 42.7. The normalized spacial score (nSPS) is 17.2. The third-order valence-corrected chi connectivity index (χ3v) is 6.17. The minimum absolute atomic E-state index is 0.312. The smallest absolute Gasteiger partial charge is 0.369 e. The first-order chi connectivity index (χ1) is 18.2. The van der Waals surface area contributed by atoms with E-state index in [2.05, 4.69) is 15.6 Å². The Kier molecular flexibility index (Phi) is 9.36. The molecule has 0 aliphatic carbocycles. The molecule has 2 aromatic rings. The number of carbonyl (C=O) groups is 3. The van der Waals surface area contributed by atoms with Crippen molar-refractivity contribution in [2.45, 2.75) is 50.6 Å². The molecule has 210 valence electrons. The third-order valence-electron chi connectivity index (χ3n) is 6.17. The molecule has 3 rings (SSSR count). The number of benzodiazepines with no additional fused rings is 1. The summed E-state index contributed by atoms with van der Waals surface area (Å²) in [6, 6.07) is 15.3. The molecule has 13 heteroatoms. The van der Waals surface area contributed by atoms with E-state index in [-0.39, 0.29) is 0 Å². The van der Waals surface area contributed by atoms with Gasteiger partial charge in [0, 0.05) is 35.8 Å².